The van der Waals surface area contributed by atoms with Gasteiger partial charge >= 0.3 is 0 Å². The van der Waals surface area contributed by atoms with E-state index >= 15 is 0 Å². The van der Waals surface area contributed by atoms with Crippen LogP contribution in [-0.4, -0.2) is 33.7 Å². The molecule has 0 aliphatic carbocycles. The number of rotatable bonds is 5. The van der Waals surface area contributed by atoms with Gasteiger partial charge in [-0.15, -0.1) is 0 Å². The molecule has 1 amide bonds. The number of nitrogens with zero attached hydrogens (tertiary/aromatic N) is 5. The van der Waals surface area contributed by atoms with E-state index in [-0.39, 0.29) is 17.5 Å². The molecule has 2 heterocycles. The quantitative estimate of drug-likeness (QED) is 0.607. The standard InChI is InChI=1S/C27H28N6O2/c1-17(18-7-6-8-20(11-18)26(2,3)13-28)30-23-22-12-19(9-10-21(22)25(35)32(5)31-23)24(34)33-15-27(4,14-29)16-33/h6-12,17H,15-16H2,1-5H3,(H,30,31)/t17-/m1/s1. The fourth-order valence-corrected chi connectivity index (χ4v) is 4.33. The highest BCUT2D eigenvalue weighted by atomic mass is 16.2. The predicted octanol–water partition coefficient (Wildman–Crippen LogP) is 3.89. The Morgan fingerprint density at radius 1 is 1.17 bits per heavy atom. The van der Waals surface area contributed by atoms with Crippen molar-refractivity contribution >= 4 is 22.5 Å². The Balaban J connectivity index is 1.69. The molecular formula is C27H28N6O2. The van der Waals surface area contributed by atoms with Crippen LogP contribution in [-0.2, 0) is 12.5 Å². The molecule has 0 bridgehead atoms. The molecule has 0 unspecified atom stereocenters. The topological polar surface area (TPSA) is 115 Å². The van der Waals surface area contributed by atoms with E-state index < -0.39 is 10.8 Å². The SMILES string of the molecule is C[C@@H](Nc1nn(C)c(=O)c2ccc(C(=O)N3CC(C)(C#N)C3)cc12)c1cccc(C(C)(C)C#N)c1. The molecule has 0 spiro atoms. The van der Waals surface area contributed by atoms with Crippen molar-refractivity contribution in [3.8, 4) is 12.1 Å². The van der Waals surface area contributed by atoms with Gasteiger partial charge in [0, 0.05) is 31.1 Å². The fraction of sp³-hybridized carbons (Fsp3) is 0.370. The van der Waals surface area contributed by atoms with Crippen molar-refractivity contribution in [3.05, 3.63) is 69.5 Å². The van der Waals surface area contributed by atoms with E-state index in [2.05, 4.69) is 22.6 Å². The zero-order chi connectivity index (χ0) is 25.5. The Bertz CT molecular complexity index is 1470. The minimum atomic E-state index is -0.620. The highest BCUT2D eigenvalue weighted by molar-refractivity contribution is 6.01. The van der Waals surface area contributed by atoms with Crippen LogP contribution in [0.1, 0.15) is 55.2 Å². The average Bonchev–Trinajstić information content (AvgIpc) is 2.84. The van der Waals surface area contributed by atoms with Crippen molar-refractivity contribution in [1.82, 2.24) is 14.7 Å². The third-order valence-electron chi connectivity index (χ3n) is 6.67. The van der Waals surface area contributed by atoms with Crippen molar-refractivity contribution in [3.63, 3.8) is 0 Å². The zero-order valence-corrected chi connectivity index (χ0v) is 20.6. The Labute approximate surface area is 204 Å². The molecule has 1 atom stereocenters. The summed E-state index contributed by atoms with van der Waals surface area (Å²) >= 11 is 0. The van der Waals surface area contributed by atoms with Gasteiger partial charge in [-0.2, -0.15) is 15.6 Å². The summed E-state index contributed by atoms with van der Waals surface area (Å²) in [6, 6.07) is 17.2. The number of likely N-dealkylation sites (tertiary alicyclic amines) is 1. The molecule has 35 heavy (non-hydrogen) atoms. The highest BCUT2D eigenvalue weighted by Crippen LogP contribution is 2.32. The average molecular weight is 469 g/mol. The van der Waals surface area contributed by atoms with Crippen molar-refractivity contribution in [2.75, 3.05) is 18.4 Å². The van der Waals surface area contributed by atoms with Crippen LogP contribution in [0, 0.1) is 28.1 Å². The summed E-state index contributed by atoms with van der Waals surface area (Å²) in [4.78, 5) is 27.4. The third kappa shape index (κ3) is 4.36. The largest absolute Gasteiger partial charge is 0.362 e. The summed E-state index contributed by atoms with van der Waals surface area (Å²) in [5.41, 5.74) is 0.942. The Kier molecular flexibility index (Phi) is 5.86. The second kappa shape index (κ2) is 8.56. The monoisotopic (exact) mass is 468 g/mol. The first-order chi connectivity index (χ1) is 16.5. The molecule has 4 rings (SSSR count). The molecule has 0 radical (unpaired) electrons. The van der Waals surface area contributed by atoms with Gasteiger partial charge in [0.05, 0.1) is 34.4 Å². The van der Waals surface area contributed by atoms with Gasteiger partial charge in [0.15, 0.2) is 5.82 Å². The summed E-state index contributed by atoms with van der Waals surface area (Å²) in [5.74, 6) is 0.311. The summed E-state index contributed by atoms with van der Waals surface area (Å²) in [7, 11) is 1.59. The molecule has 1 aliphatic heterocycles. The molecule has 2 aromatic carbocycles. The third-order valence-corrected chi connectivity index (χ3v) is 6.67. The molecule has 1 saturated heterocycles. The molecule has 3 aromatic rings. The van der Waals surface area contributed by atoms with Gasteiger partial charge in [0.1, 0.15) is 0 Å². The van der Waals surface area contributed by atoms with Crippen LogP contribution in [0.5, 0.6) is 0 Å². The van der Waals surface area contributed by atoms with Crippen LogP contribution < -0.4 is 10.9 Å². The number of aromatic nitrogens is 2. The second-order valence-corrected chi connectivity index (χ2v) is 10.1. The van der Waals surface area contributed by atoms with E-state index in [0.717, 1.165) is 11.1 Å². The van der Waals surface area contributed by atoms with Gasteiger partial charge in [0.2, 0.25) is 0 Å². The normalized spacial score (nSPS) is 15.6. The summed E-state index contributed by atoms with van der Waals surface area (Å²) in [6.07, 6.45) is 0. The van der Waals surface area contributed by atoms with Crippen LogP contribution in [0.3, 0.4) is 0 Å². The maximum atomic E-state index is 13.0. The maximum absolute atomic E-state index is 13.0. The van der Waals surface area contributed by atoms with Gasteiger partial charge < -0.3 is 10.2 Å². The number of hydrogen-bond donors (Lipinski definition) is 1. The van der Waals surface area contributed by atoms with Gasteiger partial charge in [-0.1, -0.05) is 24.3 Å². The molecular weight excluding hydrogens is 440 g/mol. The van der Waals surface area contributed by atoms with Crippen LogP contribution >= 0.6 is 0 Å². The smallest absolute Gasteiger partial charge is 0.274 e. The number of nitriles is 2. The van der Waals surface area contributed by atoms with Gasteiger partial charge in [-0.25, -0.2) is 4.68 Å². The Morgan fingerprint density at radius 2 is 1.89 bits per heavy atom. The van der Waals surface area contributed by atoms with E-state index in [1.54, 1.807) is 30.1 Å². The number of aryl methyl sites for hydroxylation is 1. The minimum absolute atomic E-state index is 0.175. The lowest BCUT2D eigenvalue weighted by atomic mass is 9.83. The van der Waals surface area contributed by atoms with Crippen LogP contribution in [0.4, 0.5) is 5.82 Å². The minimum Gasteiger partial charge on any atom is -0.362 e. The highest BCUT2D eigenvalue weighted by Gasteiger charge is 2.41. The van der Waals surface area contributed by atoms with Gasteiger partial charge in [-0.05, 0) is 57.0 Å². The number of hydrogen-bond acceptors (Lipinski definition) is 6. The first-order valence-electron chi connectivity index (χ1n) is 11.5. The Morgan fingerprint density at radius 3 is 2.54 bits per heavy atom. The fourth-order valence-electron chi connectivity index (χ4n) is 4.33. The Hall–Kier alpha value is -4.17. The van der Waals surface area contributed by atoms with Crippen LogP contribution in [0.2, 0.25) is 0 Å². The van der Waals surface area contributed by atoms with E-state index in [1.165, 1.54) is 4.68 Å². The van der Waals surface area contributed by atoms with Crippen molar-refractivity contribution in [1.29, 1.82) is 10.5 Å². The number of amides is 1. The molecule has 178 valence electrons. The lowest BCUT2D eigenvalue weighted by molar-refractivity contribution is 0.0369. The molecule has 1 aromatic heterocycles. The molecule has 0 saturated carbocycles. The number of carbonyl (C=O) groups excluding carboxylic acids is 1. The molecule has 8 nitrogen and oxygen atoms in total. The van der Waals surface area contributed by atoms with Crippen molar-refractivity contribution < 1.29 is 4.79 Å². The number of fused-ring (bicyclic) bond motifs is 1. The molecule has 1 N–H and O–H groups in total. The van der Waals surface area contributed by atoms with E-state index in [4.69, 9.17) is 0 Å². The first-order valence-corrected chi connectivity index (χ1v) is 11.5. The van der Waals surface area contributed by atoms with Crippen molar-refractivity contribution in [2.24, 2.45) is 12.5 Å². The van der Waals surface area contributed by atoms with E-state index in [9.17, 15) is 20.1 Å². The van der Waals surface area contributed by atoms with Gasteiger partial charge in [-0.3, -0.25) is 9.59 Å². The number of benzene rings is 2. The maximum Gasteiger partial charge on any atom is 0.274 e. The molecule has 8 heteroatoms. The summed E-state index contributed by atoms with van der Waals surface area (Å²) in [5, 5.41) is 27.6. The van der Waals surface area contributed by atoms with Crippen LogP contribution in [0.25, 0.3) is 10.8 Å². The number of anilines is 1. The summed E-state index contributed by atoms with van der Waals surface area (Å²) < 4.78 is 1.28. The van der Waals surface area contributed by atoms with E-state index in [1.807, 2.05) is 52.0 Å². The lowest BCUT2D eigenvalue weighted by Crippen LogP contribution is -2.56. The van der Waals surface area contributed by atoms with Gasteiger partial charge in [0.25, 0.3) is 11.5 Å². The summed E-state index contributed by atoms with van der Waals surface area (Å²) in [6.45, 7) is 8.33. The first kappa shape index (κ1) is 24.0. The lowest BCUT2D eigenvalue weighted by Gasteiger charge is -2.43. The molecule has 1 aliphatic rings. The van der Waals surface area contributed by atoms with Crippen LogP contribution in [0.15, 0.2) is 47.3 Å². The number of nitrogens with one attached hydrogen (secondary N) is 1. The van der Waals surface area contributed by atoms with E-state index in [0.29, 0.717) is 35.2 Å². The zero-order valence-electron chi connectivity index (χ0n) is 20.6. The predicted molar refractivity (Wildman–Crippen MR) is 134 cm³/mol. The number of carbonyl (C=O) groups is 1. The van der Waals surface area contributed by atoms with Crippen molar-refractivity contribution in [2.45, 2.75) is 39.2 Å². The molecule has 1 fully saturated rings. The second-order valence-electron chi connectivity index (χ2n) is 10.1.